The largest absolute Gasteiger partial charge is 0.469 e. The minimum absolute atomic E-state index is 0.0707. The van der Waals surface area contributed by atoms with Crippen molar-refractivity contribution in [2.45, 2.75) is 36.9 Å². The van der Waals surface area contributed by atoms with Crippen LogP contribution in [0.3, 0.4) is 0 Å². The molecule has 2 fully saturated rings. The Bertz CT molecular complexity index is 490. The Morgan fingerprint density at radius 3 is 2.60 bits per heavy atom. The van der Waals surface area contributed by atoms with Crippen LogP contribution in [-0.4, -0.2) is 48.3 Å². The Morgan fingerprint density at radius 2 is 1.95 bits per heavy atom. The normalized spacial score (nSPS) is 36.9. The number of nitrogens with zero attached hydrogens (tertiary/aromatic N) is 1. The smallest absolute Gasteiger partial charge is 0.310 e. The van der Waals surface area contributed by atoms with Gasteiger partial charge in [-0.1, -0.05) is 30.3 Å². The summed E-state index contributed by atoms with van der Waals surface area (Å²) in [5, 5.41) is 10.2. The molecular weight excluding hydrogens is 254 g/mol. The topological polar surface area (TPSA) is 49.8 Å². The number of hydrogen-bond acceptors (Lipinski definition) is 4. The molecule has 1 aromatic rings. The lowest BCUT2D eigenvalue weighted by atomic mass is 9.76. The minimum Gasteiger partial charge on any atom is -0.469 e. The van der Waals surface area contributed by atoms with Crippen LogP contribution >= 0.6 is 0 Å². The third kappa shape index (κ3) is 2.03. The van der Waals surface area contributed by atoms with E-state index in [1.165, 1.54) is 12.7 Å². The molecule has 2 bridgehead atoms. The Morgan fingerprint density at radius 1 is 1.25 bits per heavy atom. The first-order chi connectivity index (χ1) is 9.63. The van der Waals surface area contributed by atoms with Crippen molar-refractivity contribution in [3.8, 4) is 0 Å². The van der Waals surface area contributed by atoms with Gasteiger partial charge in [0.1, 0.15) is 0 Å². The molecule has 2 saturated heterocycles. The van der Waals surface area contributed by atoms with Crippen LogP contribution in [0.25, 0.3) is 0 Å². The lowest BCUT2D eigenvalue weighted by Crippen LogP contribution is -2.49. The third-order valence-corrected chi connectivity index (χ3v) is 5.02. The van der Waals surface area contributed by atoms with E-state index < -0.39 is 0 Å². The van der Waals surface area contributed by atoms with Gasteiger partial charge in [0.25, 0.3) is 0 Å². The summed E-state index contributed by atoms with van der Waals surface area (Å²) in [6.07, 6.45) is 1.12. The fraction of sp³-hybridized carbons (Fsp3) is 0.562. The molecule has 0 aromatic heterocycles. The van der Waals surface area contributed by atoms with Crippen LogP contribution in [0.1, 0.15) is 24.3 Å². The van der Waals surface area contributed by atoms with Gasteiger partial charge in [-0.15, -0.1) is 0 Å². The van der Waals surface area contributed by atoms with E-state index in [1.807, 2.05) is 25.2 Å². The van der Waals surface area contributed by atoms with Gasteiger partial charge in [0.15, 0.2) is 0 Å². The van der Waals surface area contributed by atoms with E-state index in [9.17, 15) is 9.90 Å². The average molecular weight is 275 g/mol. The molecule has 4 heteroatoms. The third-order valence-electron chi connectivity index (χ3n) is 5.02. The number of fused-ring (bicyclic) bond motifs is 2. The summed E-state index contributed by atoms with van der Waals surface area (Å²) in [7, 11) is 3.45. The lowest BCUT2D eigenvalue weighted by Gasteiger charge is -2.41. The highest BCUT2D eigenvalue weighted by atomic mass is 16.5. The summed E-state index contributed by atoms with van der Waals surface area (Å²) in [6, 6.07) is 10.3. The molecule has 0 saturated carbocycles. The van der Waals surface area contributed by atoms with Crippen molar-refractivity contribution in [3.05, 3.63) is 35.9 Å². The zero-order valence-corrected chi connectivity index (χ0v) is 11.9. The fourth-order valence-electron chi connectivity index (χ4n) is 3.99. The van der Waals surface area contributed by atoms with Gasteiger partial charge in [-0.05, 0) is 25.5 Å². The van der Waals surface area contributed by atoms with E-state index in [0.29, 0.717) is 6.42 Å². The first-order valence-electron chi connectivity index (χ1n) is 7.16. The lowest BCUT2D eigenvalue weighted by molar-refractivity contribution is -0.150. The molecule has 0 aliphatic carbocycles. The summed E-state index contributed by atoms with van der Waals surface area (Å²) < 4.78 is 5.03. The maximum Gasteiger partial charge on any atom is 0.310 e. The van der Waals surface area contributed by atoms with Crippen molar-refractivity contribution in [2.24, 2.45) is 5.92 Å². The molecule has 2 heterocycles. The van der Waals surface area contributed by atoms with E-state index in [-0.39, 0.29) is 36.0 Å². The molecule has 2 aliphatic heterocycles. The highest BCUT2D eigenvalue weighted by molar-refractivity contribution is 5.75. The summed E-state index contributed by atoms with van der Waals surface area (Å²) in [4.78, 5) is 14.4. The van der Waals surface area contributed by atoms with Crippen LogP contribution in [0.15, 0.2) is 30.3 Å². The molecule has 2 aliphatic rings. The number of carbonyl (C=O) groups is 1. The number of aliphatic hydroxyl groups is 1. The van der Waals surface area contributed by atoms with Crippen molar-refractivity contribution >= 4 is 5.97 Å². The Balaban J connectivity index is 1.98. The SMILES string of the molecule is COC(=O)C1C(c2ccccc2)CC2C(O)CC1N2C. The number of piperidine rings is 1. The maximum atomic E-state index is 12.3. The average Bonchev–Trinajstić information content (AvgIpc) is 2.66. The quantitative estimate of drug-likeness (QED) is 0.829. The van der Waals surface area contributed by atoms with Gasteiger partial charge in [-0.2, -0.15) is 0 Å². The fourth-order valence-corrected chi connectivity index (χ4v) is 3.99. The van der Waals surface area contributed by atoms with E-state index in [4.69, 9.17) is 4.74 Å². The first kappa shape index (κ1) is 13.6. The number of carbonyl (C=O) groups excluding carboxylic acids is 1. The van der Waals surface area contributed by atoms with Crippen molar-refractivity contribution in [2.75, 3.05) is 14.2 Å². The van der Waals surface area contributed by atoms with Gasteiger partial charge in [0, 0.05) is 18.0 Å². The Hall–Kier alpha value is -1.39. The number of likely N-dealkylation sites (N-methyl/N-ethyl adjacent to an activating group) is 1. The maximum absolute atomic E-state index is 12.3. The zero-order chi connectivity index (χ0) is 14.3. The van der Waals surface area contributed by atoms with Gasteiger partial charge in [0.05, 0.1) is 19.1 Å². The number of ether oxygens (including phenoxy) is 1. The molecule has 3 rings (SSSR count). The minimum atomic E-state index is -0.342. The molecule has 4 nitrogen and oxygen atoms in total. The number of hydrogen-bond donors (Lipinski definition) is 1. The molecule has 5 atom stereocenters. The van der Waals surface area contributed by atoms with Gasteiger partial charge in [-0.25, -0.2) is 0 Å². The summed E-state index contributed by atoms with van der Waals surface area (Å²) in [6.45, 7) is 0. The summed E-state index contributed by atoms with van der Waals surface area (Å²) in [5.41, 5.74) is 1.17. The van der Waals surface area contributed by atoms with E-state index >= 15 is 0 Å². The predicted molar refractivity (Wildman–Crippen MR) is 75.3 cm³/mol. The molecule has 0 amide bonds. The molecule has 0 radical (unpaired) electrons. The number of methoxy groups -OCH3 is 1. The zero-order valence-electron chi connectivity index (χ0n) is 11.9. The molecule has 108 valence electrons. The van der Waals surface area contributed by atoms with Crippen molar-refractivity contribution in [1.82, 2.24) is 4.90 Å². The molecule has 1 aromatic carbocycles. The molecule has 0 spiro atoms. The van der Waals surface area contributed by atoms with Gasteiger partial charge in [0.2, 0.25) is 0 Å². The molecule has 5 unspecified atom stereocenters. The van der Waals surface area contributed by atoms with Crippen LogP contribution in [0.4, 0.5) is 0 Å². The van der Waals surface area contributed by atoms with Crippen LogP contribution in [0.5, 0.6) is 0 Å². The predicted octanol–water partition coefficient (Wildman–Crippen LogP) is 1.40. The van der Waals surface area contributed by atoms with Crippen LogP contribution in [0.2, 0.25) is 0 Å². The monoisotopic (exact) mass is 275 g/mol. The Labute approximate surface area is 119 Å². The van der Waals surface area contributed by atoms with E-state index in [2.05, 4.69) is 17.0 Å². The first-order valence-corrected chi connectivity index (χ1v) is 7.16. The Kier molecular flexibility index (Phi) is 3.52. The van der Waals surface area contributed by atoms with Crippen molar-refractivity contribution < 1.29 is 14.6 Å². The molecule has 20 heavy (non-hydrogen) atoms. The summed E-state index contributed by atoms with van der Waals surface area (Å²) >= 11 is 0. The van der Waals surface area contributed by atoms with Crippen LogP contribution in [-0.2, 0) is 9.53 Å². The van der Waals surface area contributed by atoms with Gasteiger partial charge < -0.3 is 9.84 Å². The van der Waals surface area contributed by atoms with Gasteiger partial charge in [-0.3, -0.25) is 9.69 Å². The molecule has 1 N–H and O–H groups in total. The highest BCUT2D eigenvalue weighted by Gasteiger charge is 2.53. The van der Waals surface area contributed by atoms with E-state index in [1.54, 1.807) is 0 Å². The number of benzene rings is 1. The van der Waals surface area contributed by atoms with Crippen molar-refractivity contribution in [3.63, 3.8) is 0 Å². The van der Waals surface area contributed by atoms with Crippen molar-refractivity contribution in [1.29, 1.82) is 0 Å². The number of esters is 1. The summed E-state index contributed by atoms with van der Waals surface area (Å²) in [5.74, 6) is -0.226. The number of aliphatic hydroxyl groups excluding tert-OH is 1. The second-order valence-corrected chi connectivity index (χ2v) is 5.91. The number of rotatable bonds is 2. The van der Waals surface area contributed by atoms with Gasteiger partial charge >= 0.3 is 5.97 Å². The van der Waals surface area contributed by atoms with Crippen LogP contribution in [0, 0.1) is 5.92 Å². The van der Waals surface area contributed by atoms with E-state index in [0.717, 1.165) is 6.42 Å². The second kappa shape index (κ2) is 5.19. The highest BCUT2D eigenvalue weighted by Crippen LogP contribution is 2.46. The molecular formula is C16H21NO3. The second-order valence-electron chi connectivity index (χ2n) is 5.91. The standard InChI is InChI=1S/C16H21NO3/c1-17-12-8-11(10-6-4-3-5-7-10)15(16(19)20-2)13(17)9-14(12)18/h3-7,11-15,18H,8-9H2,1-2H3. The van der Waals surface area contributed by atoms with Crippen LogP contribution < -0.4 is 0 Å².